The van der Waals surface area contributed by atoms with Gasteiger partial charge < -0.3 is 15.2 Å². The average molecular weight is 255 g/mol. The number of hydrogen-bond acceptors (Lipinski definition) is 3. The molecule has 2 fully saturated rings. The summed E-state index contributed by atoms with van der Waals surface area (Å²) in [5, 5.41) is 12.2. The quantitative estimate of drug-likeness (QED) is 0.687. The van der Waals surface area contributed by atoms with Crippen molar-refractivity contribution in [3.05, 3.63) is 0 Å². The third-order valence-corrected chi connectivity index (χ3v) is 4.49. The molecule has 0 aromatic carbocycles. The lowest BCUT2D eigenvalue weighted by atomic mass is 9.83. The van der Waals surface area contributed by atoms with E-state index in [1.807, 2.05) is 0 Å². The third kappa shape index (κ3) is 4.22. The Morgan fingerprint density at radius 1 is 1.06 bits per heavy atom. The van der Waals surface area contributed by atoms with E-state index in [0.29, 0.717) is 12.7 Å². The first kappa shape index (κ1) is 14.3. The van der Waals surface area contributed by atoms with Gasteiger partial charge in [0.2, 0.25) is 0 Å². The SMILES string of the molecule is OCCCCCNCC1CCC2(CCCCC2)O1. The van der Waals surface area contributed by atoms with Crippen molar-refractivity contribution in [1.82, 2.24) is 5.32 Å². The zero-order valence-electron chi connectivity index (χ0n) is 11.6. The molecule has 2 N–H and O–H groups in total. The number of rotatable bonds is 7. The lowest BCUT2D eigenvalue weighted by molar-refractivity contribution is -0.0623. The van der Waals surface area contributed by atoms with Crippen molar-refractivity contribution < 1.29 is 9.84 Å². The van der Waals surface area contributed by atoms with Crippen LogP contribution in [0, 0.1) is 0 Å². The minimum absolute atomic E-state index is 0.265. The molecule has 1 heterocycles. The Morgan fingerprint density at radius 3 is 2.67 bits per heavy atom. The van der Waals surface area contributed by atoms with Crippen molar-refractivity contribution >= 4 is 0 Å². The van der Waals surface area contributed by atoms with Gasteiger partial charge in [0.1, 0.15) is 0 Å². The van der Waals surface area contributed by atoms with E-state index in [-0.39, 0.29) is 5.60 Å². The number of aliphatic hydroxyl groups excluding tert-OH is 1. The molecule has 1 atom stereocenters. The van der Waals surface area contributed by atoms with Crippen LogP contribution in [-0.2, 0) is 4.74 Å². The summed E-state index contributed by atoms with van der Waals surface area (Å²) in [4.78, 5) is 0. The number of nitrogens with one attached hydrogen (secondary N) is 1. The van der Waals surface area contributed by atoms with E-state index in [1.165, 1.54) is 51.4 Å². The predicted octanol–water partition coefficient (Wildman–Crippen LogP) is 2.62. The lowest BCUT2D eigenvalue weighted by Gasteiger charge is -2.33. The molecule has 1 saturated carbocycles. The molecule has 3 nitrogen and oxygen atoms in total. The second-order valence-corrected chi connectivity index (χ2v) is 6.01. The van der Waals surface area contributed by atoms with Gasteiger partial charge in [-0.15, -0.1) is 0 Å². The van der Waals surface area contributed by atoms with Crippen molar-refractivity contribution in [3.63, 3.8) is 0 Å². The summed E-state index contributed by atoms with van der Waals surface area (Å²) in [6.07, 6.45) is 12.9. The second kappa shape index (κ2) is 7.46. The summed E-state index contributed by atoms with van der Waals surface area (Å²) in [7, 11) is 0. The van der Waals surface area contributed by atoms with Crippen molar-refractivity contribution in [2.24, 2.45) is 0 Å². The molecule has 3 heteroatoms. The lowest BCUT2D eigenvalue weighted by Crippen LogP contribution is -2.34. The van der Waals surface area contributed by atoms with Crippen molar-refractivity contribution in [2.45, 2.75) is 75.9 Å². The molecule has 1 spiro atoms. The van der Waals surface area contributed by atoms with Gasteiger partial charge >= 0.3 is 0 Å². The fourth-order valence-corrected chi connectivity index (χ4v) is 3.40. The van der Waals surface area contributed by atoms with Gasteiger partial charge in [0.25, 0.3) is 0 Å². The fourth-order valence-electron chi connectivity index (χ4n) is 3.40. The monoisotopic (exact) mass is 255 g/mol. The zero-order chi connectivity index (χ0) is 12.7. The summed E-state index contributed by atoms with van der Waals surface area (Å²) in [5.74, 6) is 0. The Bertz CT molecular complexity index is 227. The van der Waals surface area contributed by atoms with E-state index < -0.39 is 0 Å². The Morgan fingerprint density at radius 2 is 1.89 bits per heavy atom. The van der Waals surface area contributed by atoms with Gasteiger partial charge in [0, 0.05) is 13.2 Å². The van der Waals surface area contributed by atoms with Crippen LogP contribution in [-0.4, -0.2) is 36.5 Å². The molecule has 2 aliphatic rings. The maximum atomic E-state index is 8.70. The van der Waals surface area contributed by atoms with Crippen molar-refractivity contribution in [1.29, 1.82) is 0 Å². The molecule has 0 radical (unpaired) electrons. The van der Waals surface area contributed by atoms with Gasteiger partial charge in [-0.25, -0.2) is 0 Å². The van der Waals surface area contributed by atoms with Crippen LogP contribution in [0.2, 0.25) is 0 Å². The molecular formula is C15H29NO2. The maximum absolute atomic E-state index is 8.70. The van der Waals surface area contributed by atoms with Crippen LogP contribution in [0.4, 0.5) is 0 Å². The van der Waals surface area contributed by atoms with Crippen LogP contribution in [0.25, 0.3) is 0 Å². The van der Waals surface area contributed by atoms with Gasteiger partial charge in [0.15, 0.2) is 0 Å². The van der Waals surface area contributed by atoms with E-state index in [4.69, 9.17) is 9.84 Å². The third-order valence-electron chi connectivity index (χ3n) is 4.49. The molecule has 18 heavy (non-hydrogen) atoms. The molecule has 1 aliphatic heterocycles. The Hall–Kier alpha value is -0.120. The molecule has 1 aliphatic carbocycles. The van der Waals surface area contributed by atoms with E-state index in [0.717, 1.165) is 25.9 Å². The van der Waals surface area contributed by atoms with Crippen LogP contribution in [0.15, 0.2) is 0 Å². The number of unbranched alkanes of at least 4 members (excludes halogenated alkanes) is 2. The summed E-state index contributed by atoms with van der Waals surface area (Å²) < 4.78 is 6.32. The van der Waals surface area contributed by atoms with E-state index in [2.05, 4.69) is 5.32 Å². The van der Waals surface area contributed by atoms with E-state index >= 15 is 0 Å². The van der Waals surface area contributed by atoms with Crippen LogP contribution >= 0.6 is 0 Å². The average Bonchev–Trinajstić information content (AvgIpc) is 2.78. The summed E-state index contributed by atoms with van der Waals surface area (Å²) in [5.41, 5.74) is 0.265. The fraction of sp³-hybridized carbons (Fsp3) is 1.00. The van der Waals surface area contributed by atoms with Crippen LogP contribution in [0.5, 0.6) is 0 Å². The van der Waals surface area contributed by atoms with Crippen LogP contribution in [0.3, 0.4) is 0 Å². The number of hydrogen-bond donors (Lipinski definition) is 2. The standard InChI is InChI=1S/C15H29NO2/c17-12-6-2-5-11-16-13-14-7-10-15(18-14)8-3-1-4-9-15/h14,16-17H,1-13H2. The second-order valence-electron chi connectivity index (χ2n) is 6.01. The molecular weight excluding hydrogens is 226 g/mol. The van der Waals surface area contributed by atoms with Gasteiger partial charge in [0.05, 0.1) is 11.7 Å². The molecule has 0 aromatic rings. The molecule has 1 saturated heterocycles. The van der Waals surface area contributed by atoms with Gasteiger partial charge in [-0.05, 0) is 51.5 Å². The summed E-state index contributed by atoms with van der Waals surface area (Å²) in [6.45, 7) is 2.40. The van der Waals surface area contributed by atoms with Gasteiger partial charge in [-0.1, -0.05) is 19.3 Å². The topological polar surface area (TPSA) is 41.5 Å². The summed E-state index contributed by atoms with van der Waals surface area (Å²) in [6, 6.07) is 0. The van der Waals surface area contributed by atoms with E-state index in [1.54, 1.807) is 0 Å². The highest BCUT2D eigenvalue weighted by Crippen LogP contribution is 2.41. The highest BCUT2D eigenvalue weighted by Gasteiger charge is 2.40. The largest absolute Gasteiger partial charge is 0.396 e. The molecule has 2 rings (SSSR count). The van der Waals surface area contributed by atoms with Gasteiger partial charge in [-0.2, -0.15) is 0 Å². The highest BCUT2D eigenvalue weighted by atomic mass is 16.5. The first-order valence-electron chi connectivity index (χ1n) is 7.84. The van der Waals surface area contributed by atoms with E-state index in [9.17, 15) is 0 Å². The smallest absolute Gasteiger partial charge is 0.0708 e. The van der Waals surface area contributed by atoms with Crippen LogP contribution in [0.1, 0.15) is 64.2 Å². The number of ether oxygens (including phenoxy) is 1. The Labute approximate surface area is 111 Å². The maximum Gasteiger partial charge on any atom is 0.0708 e. The van der Waals surface area contributed by atoms with Gasteiger partial charge in [-0.3, -0.25) is 0 Å². The normalized spacial score (nSPS) is 26.8. The molecule has 0 bridgehead atoms. The minimum atomic E-state index is 0.265. The Kier molecular flexibility index (Phi) is 5.93. The molecule has 0 aromatic heterocycles. The first-order chi connectivity index (χ1) is 8.85. The molecule has 106 valence electrons. The van der Waals surface area contributed by atoms with Crippen molar-refractivity contribution in [2.75, 3.05) is 19.7 Å². The zero-order valence-corrected chi connectivity index (χ0v) is 11.6. The number of aliphatic hydroxyl groups is 1. The van der Waals surface area contributed by atoms with Crippen LogP contribution < -0.4 is 5.32 Å². The molecule has 0 amide bonds. The molecule has 1 unspecified atom stereocenters. The summed E-state index contributed by atoms with van der Waals surface area (Å²) >= 11 is 0. The highest BCUT2D eigenvalue weighted by molar-refractivity contribution is 4.91. The Balaban J connectivity index is 1.55. The predicted molar refractivity (Wildman–Crippen MR) is 73.7 cm³/mol. The van der Waals surface area contributed by atoms with Crippen molar-refractivity contribution in [3.8, 4) is 0 Å². The first-order valence-corrected chi connectivity index (χ1v) is 7.84. The minimum Gasteiger partial charge on any atom is -0.396 e.